The van der Waals surface area contributed by atoms with E-state index >= 15 is 0 Å². The van der Waals surface area contributed by atoms with Gasteiger partial charge in [-0.05, 0) is 0 Å². The molecule has 0 aromatic carbocycles. The second kappa shape index (κ2) is 5.13. The zero-order valence-electron chi connectivity index (χ0n) is 4.29. The van der Waals surface area contributed by atoms with Crippen molar-refractivity contribution in [3.63, 3.8) is 0 Å². The predicted molar refractivity (Wildman–Crippen MR) is 21.7 cm³/mol. The van der Waals surface area contributed by atoms with Gasteiger partial charge < -0.3 is 0 Å². The summed E-state index contributed by atoms with van der Waals surface area (Å²) >= 11 is 1.86. The van der Waals surface area contributed by atoms with E-state index in [9.17, 15) is 4.57 Å². The maximum atomic E-state index is 11.0. The van der Waals surface area contributed by atoms with E-state index in [1.54, 1.807) is 0 Å². The van der Waals surface area contributed by atoms with Crippen LogP contribution >= 0.6 is 7.60 Å². The van der Waals surface area contributed by atoms with E-state index in [1.165, 1.54) is 0 Å². The third-order valence-corrected chi connectivity index (χ3v) is 6.29. The van der Waals surface area contributed by atoms with Gasteiger partial charge in [0.1, 0.15) is 0 Å². The fourth-order valence-electron chi connectivity index (χ4n) is 0.202. The van der Waals surface area contributed by atoms with E-state index in [0.717, 1.165) is 39.1 Å². The fourth-order valence-corrected chi connectivity index (χ4v) is 4.20. The Kier molecular flexibility index (Phi) is 5.95. The van der Waals surface area contributed by atoms with Crippen molar-refractivity contribution in [3.05, 3.63) is 0 Å². The van der Waals surface area contributed by atoms with Crippen LogP contribution in [0.4, 0.5) is 0 Å². The number of hydrogen-bond donors (Lipinski definition) is 1. The molecule has 0 radical (unpaired) electrons. The van der Waals surface area contributed by atoms with Crippen LogP contribution in [-0.2, 0) is 50.2 Å². The monoisotopic (exact) mass is 498 g/mol. The van der Waals surface area contributed by atoms with E-state index in [-0.39, 0.29) is 12.8 Å². The van der Waals surface area contributed by atoms with Gasteiger partial charge in [0.05, 0.1) is 0 Å². The van der Waals surface area contributed by atoms with Crippen LogP contribution in [0.15, 0.2) is 0 Å². The molecule has 0 fully saturated rings. The third-order valence-electron chi connectivity index (χ3n) is 0.584. The third kappa shape index (κ3) is 3.99. The van der Waals surface area contributed by atoms with Gasteiger partial charge in [-0.3, -0.25) is 0 Å². The van der Waals surface area contributed by atoms with Gasteiger partial charge in [0, 0.05) is 0 Å². The van der Waals surface area contributed by atoms with Crippen molar-refractivity contribution in [1.82, 2.24) is 0 Å². The van der Waals surface area contributed by atoms with Crippen LogP contribution in [0.5, 0.6) is 0 Å². The molecule has 0 unspecified atom stereocenters. The Morgan fingerprint density at radius 3 is 2.00 bits per heavy atom. The van der Waals surface area contributed by atoms with Gasteiger partial charge in [0.25, 0.3) is 0 Å². The first-order valence-electron chi connectivity index (χ1n) is 1.99. The molecule has 0 aliphatic heterocycles. The van der Waals surface area contributed by atoms with E-state index in [1.807, 2.05) is 0 Å². The van der Waals surface area contributed by atoms with Gasteiger partial charge in [0.2, 0.25) is 0 Å². The Labute approximate surface area is 75.5 Å². The summed E-state index contributed by atoms with van der Waals surface area (Å²) in [6.07, 6.45) is 0.0833. The van der Waals surface area contributed by atoms with Gasteiger partial charge in [-0.2, -0.15) is 0 Å². The predicted octanol–water partition coefficient (Wildman–Crippen LogP) is 0.129. The summed E-state index contributed by atoms with van der Waals surface area (Å²) < 4.78 is 20.1. The molecule has 0 atom stereocenters. The molecule has 0 bridgehead atoms. The molecule has 4 nitrogen and oxygen atoms in total. The van der Waals surface area contributed by atoms with Crippen LogP contribution in [0.25, 0.3) is 0 Å². The molecule has 0 aromatic heterocycles. The topological polar surface area (TPSA) is 55.8 Å². The summed E-state index contributed by atoms with van der Waals surface area (Å²) in [7, 11) is -2.88. The first kappa shape index (κ1) is 10.4. The van der Waals surface area contributed by atoms with Crippen LogP contribution in [0, 0.1) is 0 Å². The van der Waals surface area contributed by atoms with E-state index in [2.05, 4.69) is 6.49 Å². The molecule has 7 heteroatoms. The number of aliphatic hydroxyl groups excluding tert-OH is 1. The van der Waals surface area contributed by atoms with Crippen LogP contribution < -0.4 is 0 Å². The Morgan fingerprint density at radius 1 is 1.44 bits per heavy atom. The van der Waals surface area contributed by atoms with Crippen LogP contribution in [0.3, 0.4) is 0 Å². The second-order valence-electron chi connectivity index (χ2n) is 1.20. The SMILES string of the molecule is O=P(CCO)([O][Re])[O][Re]. The van der Waals surface area contributed by atoms with Crippen molar-refractivity contribution in [3.8, 4) is 0 Å². The molecule has 0 aliphatic carbocycles. The number of hydrogen-bond acceptors (Lipinski definition) is 4. The molecule has 0 rings (SSSR count). The molecular formula is C2H5O4PRe2. The van der Waals surface area contributed by atoms with E-state index in [4.69, 9.17) is 5.11 Å². The summed E-state index contributed by atoms with van der Waals surface area (Å²) in [5, 5.41) is 8.34. The molecule has 0 saturated heterocycles. The Balaban J connectivity index is 3.78. The summed E-state index contributed by atoms with van der Waals surface area (Å²) in [4.78, 5) is 0. The fraction of sp³-hybridized carbons (Fsp3) is 1.00. The van der Waals surface area contributed by atoms with Gasteiger partial charge in [-0.1, -0.05) is 0 Å². The van der Waals surface area contributed by atoms with Crippen molar-refractivity contribution >= 4 is 7.60 Å². The molecule has 1 N–H and O–H groups in total. The summed E-state index contributed by atoms with van der Waals surface area (Å²) in [5.41, 5.74) is 0. The summed E-state index contributed by atoms with van der Waals surface area (Å²) in [5.74, 6) is 0. The Hall–Kier alpha value is 1.43. The molecule has 9 heavy (non-hydrogen) atoms. The summed E-state index contributed by atoms with van der Waals surface area (Å²) in [6.45, 7) is -0.164. The normalized spacial score (nSPS) is 11.9. The molecule has 0 aliphatic rings. The molecule has 0 spiro atoms. The number of aliphatic hydroxyl groups is 1. The number of rotatable bonds is 4. The second-order valence-corrected chi connectivity index (χ2v) is 6.12. The molecule has 0 heterocycles. The van der Waals surface area contributed by atoms with E-state index < -0.39 is 7.60 Å². The minimum absolute atomic E-state index is 0.0833. The van der Waals surface area contributed by atoms with E-state index in [0.29, 0.717) is 0 Å². The van der Waals surface area contributed by atoms with Crippen LogP contribution in [-0.4, -0.2) is 17.9 Å². The molecule has 56 valence electrons. The van der Waals surface area contributed by atoms with Crippen molar-refractivity contribution in [1.29, 1.82) is 0 Å². The first-order chi connectivity index (χ1) is 4.18. The minimum atomic E-state index is -2.88. The van der Waals surface area contributed by atoms with Crippen molar-refractivity contribution in [2.75, 3.05) is 12.8 Å². The van der Waals surface area contributed by atoms with Gasteiger partial charge in [-0.15, -0.1) is 0 Å². The Bertz CT molecular complexity index is 109. The standard InChI is InChI=1S/C2H7O4P.2Re/c3-1-2-7(4,5)6;;/h3H,1-2H2,(H2,4,5,6);;/q;2*+1/p-2. The quantitative estimate of drug-likeness (QED) is 0.563. The molecular weight excluding hydrogens is 491 g/mol. The van der Waals surface area contributed by atoms with Crippen molar-refractivity contribution in [2.45, 2.75) is 0 Å². The van der Waals surface area contributed by atoms with Crippen molar-refractivity contribution < 1.29 is 55.3 Å². The van der Waals surface area contributed by atoms with Crippen LogP contribution in [0.1, 0.15) is 0 Å². The summed E-state index contributed by atoms with van der Waals surface area (Å²) in [6, 6.07) is 0. The maximum absolute atomic E-state index is 11.0. The zero-order chi connectivity index (χ0) is 7.33. The van der Waals surface area contributed by atoms with Gasteiger partial charge >= 0.3 is 75.7 Å². The first-order valence-corrected chi connectivity index (χ1v) is 5.93. The average Bonchev–Trinajstić information content (AvgIpc) is 1.89. The zero-order valence-corrected chi connectivity index (χ0v) is 10.6. The molecule has 0 amide bonds. The Morgan fingerprint density at radius 2 is 1.89 bits per heavy atom. The van der Waals surface area contributed by atoms with Gasteiger partial charge in [-0.25, -0.2) is 0 Å². The molecule has 0 aromatic rings. The van der Waals surface area contributed by atoms with Crippen LogP contribution in [0.2, 0.25) is 0 Å². The van der Waals surface area contributed by atoms with Gasteiger partial charge in [0.15, 0.2) is 0 Å². The van der Waals surface area contributed by atoms with Crippen molar-refractivity contribution in [2.24, 2.45) is 0 Å². The average molecular weight is 496 g/mol. The molecule has 0 saturated carbocycles.